The van der Waals surface area contributed by atoms with Crippen LogP contribution in [-0.2, 0) is 14.3 Å². The van der Waals surface area contributed by atoms with Crippen LogP contribution in [0.5, 0.6) is 0 Å². The number of ether oxygens (including phenoxy) is 1. The Morgan fingerprint density at radius 3 is 2.79 bits per heavy atom. The Balaban J connectivity index is 1.35. The smallest absolute Gasteiger partial charge is 0.166 e. The SMILES string of the molecule is CN(C)CC1CC(=O)C2=C(C1)O[C@@H]1C(=C2)C=C[C@]2(C)[C@@H](c3ccc4cnccc4c3)C(=O)C[C@@H]12. The lowest BCUT2D eigenvalue weighted by Crippen LogP contribution is -2.41. The minimum atomic E-state index is -0.334. The van der Waals surface area contributed by atoms with Crippen LogP contribution in [0.3, 0.4) is 0 Å². The summed E-state index contributed by atoms with van der Waals surface area (Å²) >= 11 is 0. The number of fused-ring (bicyclic) bond motifs is 4. The summed E-state index contributed by atoms with van der Waals surface area (Å²) in [5.74, 6) is 1.37. The van der Waals surface area contributed by atoms with E-state index in [0.717, 1.165) is 46.2 Å². The van der Waals surface area contributed by atoms with Gasteiger partial charge in [-0.05, 0) is 48.7 Å². The van der Waals surface area contributed by atoms with Gasteiger partial charge in [-0.1, -0.05) is 37.3 Å². The molecule has 3 aliphatic carbocycles. The van der Waals surface area contributed by atoms with Crippen LogP contribution in [0.15, 0.2) is 71.8 Å². The van der Waals surface area contributed by atoms with Crippen molar-refractivity contribution in [2.75, 3.05) is 20.6 Å². The molecule has 6 rings (SSSR count). The fourth-order valence-corrected chi connectivity index (χ4v) is 6.69. The number of pyridine rings is 1. The molecule has 5 atom stereocenters. The van der Waals surface area contributed by atoms with Gasteiger partial charge in [0.1, 0.15) is 17.6 Å². The summed E-state index contributed by atoms with van der Waals surface area (Å²) in [4.78, 5) is 32.7. The van der Waals surface area contributed by atoms with Crippen molar-refractivity contribution in [3.63, 3.8) is 0 Å². The zero-order valence-corrected chi connectivity index (χ0v) is 20.0. The lowest BCUT2D eigenvalue weighted by atomic mass is 9.64. The summed E-state index contributed by atoms with van der Waals surface area (Å²) in [5.41, 5.74) is 2.48. The van der Waals surface area contributed by atoms with Gasteiger partial charge < -0.3 is 9.64 Å². The molecule has 5 heteroatoms. The molecule has 0 radical (unpaired) electrons. The van der Waals surface area contributed by atoms with E-state index >= 15 is 0 Å². The van der Waals surface area contributed by atoms with Gasteiger partial charge in [0.25, 0.3) is 0 Å². The number of rotatable bonds is 3. The first-order valence-electron chi connectivity index (χ1n) is 12.2. The van der Waals surface area contributed by atoms with E-state index in [0.29, 0.717) is 12.8 Å². The highest BCUT2D eigenvalue weighted by Gasteiger charge is 2.57. The van der Waals surface area contributed by atoms with E-state index in [-0.39, 0.29) is 40.8 Å². The average molecular weight is 455 g/mol. The number of hydrogen-bond donors (Lipinski definition) is 0. The second-order valence-corrected chi connectivity index (χ2v) is 10.9. The van der Waals surface area contributed by atoms with Gasteiger partial charge in [0.15, 0.2) is 5.78 Å². The minimum Gasteiger partial charge on any atom is -0.489 e. The summed E-state index contributed by atoms with van der Waals surface area (Å²) in [6.45, 7) is 3.07. The number of carbonyl (C=O) groups is 2. The Morgan fingerprint density at radius 1 is 1.12 bits per heavy atom. The van der Waals surface area contributed by atoms with E-state index in [1.807, 2.05) is 32.4 Å². The van der Waals surface area contributed by atoms with Gasteiger partial charge in [0.05, 0.1) is 11.5 Å². The van der Waals surface area contributed by atoms with Crippen molar-refractivity contribution >= 4 is 22.3 Å². The van der Waals surface area contributed by atoms with Crippen molar-refractivity contribution in [2.45, 2.75) is 38.2 Å². The zero-order chi connectivity index (χ0) is 23.6. The highest BCUT2D eigenvalue weighted by Crippen LogP contribution is 2.58. The van der Waals surface area contributed by atoms with Crippen LogP contribution >= 0.6 is 0 Å². The molecule has 0 N–H and O–H groups in total. The fraction of sp³-hybridized carbons (Fsp3) is 0.414. The summed E-state index contributed by atoms with van der Waals surface area (Å²) in [6.07, 6.45) is 11.6. The number of ketones is 2. The molecule has 1 aromatic heterocycles. The third-order valence-electron chi connectivity index (χ3n) is 8.24. The van der Waals surface area contributed by atoms with E-state index < -0.39 is 0 Å². The Bertz CT molecular complexity index is 1300. The lowest BCUT2D eigenvalue weighted by Gasteiger charge is -2.44. The third-order valence-corrected chi connectivity index (χ3v) is 8.24. The van der Waals surface area contributed by atoms with Crippen molar-refractivity contribution in [3.8, 4) is 0 Å². The van der Waals surface area contributed by atoms with E-state index in [1.54, 1.807) is 6.20 Å². The Hall–Kier alpha value is -3.05. The number of hydrogen-bond acceptors (Lipinski definition) is 5. The lowest BCUT2D eigenvalue weighted by molar-refractivity contribution is -0.120. The van der Waals surface area contributed by atoms with Crippen LogP contribution < -0.4 is 0 Å². The molecule has 0 saturated heterocycles. The summed E-state index contributed by atoms with van der Waals surface area (Å²) in [6, 6.07) is 8.28. The highest BCUT2D eigenvalue weighted by atomic mass is 16.5. The van der Waals surface area contributed by atoms with Gasteiger partial charge in [0, 0.05) is 54.9 Å². The van der Waals surface area contributed by atoms with Crippen molar-refractivity contribution in [1.82, 2.24) is 9.88 Å². The summed E-state index contributed by atoms with van der Waals surface area (Å²) < 4.78 is 6.62. The van der Waals surface area contributed by atoms with E-state index in [4.69, 9.17) is 4.74 Å². The predicted molar refractivity (Wildman–Crippen MR) is 131 cm³/mol. The van der Waals surface area contributed by atoms with Gasteiger partial charge in [-0.3, -0.25) is 14.6 Å². The Morgan fingerprint density at radius 2 is 1.97 bits per heavy atom. The van der Waals surface area contributed by atoms with E-state index in [1.165, 1.54) is 0 Å². The number of nitrogens with zero attached hydrogens (tertiary/aromatic N) is 2. The molecule has 1 unspecified atom stereocenters. The normalized spacial score (nSPS) is 32.4. The quantitative estimate of drug-likeness (QED) is 0.678. The van der Waals surface area contributed by atoms with Crippen LogP contribution in [-0.4, -0.2) is 48.2 Å². The van der Waals surface area contributed by atoms with Crippen molar-refractivity contribution in [1.29, 1.82) is 0 Å². The maximum atomic E-state index is 13.5. The summed E-state index contributed by atoms with van der Waals surface area (Å²) in [5, 5.41) is 2.18. The number of aromatic nitrogens is 1. The van der Waals surface area contributed by atoms with Gasteiger partial charge >= 0.3 is 0 Å². The fourth-order valence-electron chi connectivity index (χ4n) is 6.69. The number of Topliss-reactive ketones (excluding diaryl/α,β-unsaturated/α-hetero) is 2. The van der Waals surface area contributed by atoms with E-state index in [9.17, 15) is 9.59 Å². The largest absolute Gasteiger partial charge is 0.489 e. The minimum absolute atomic E-state index is 0.0489. The van der Waals surface area contributed by atoms with Crippen LogP contribution in [0, 0.1) is 17.3 Å². The first-order valence-corrected chi connectivity index (χ1v) is 12.2. The molecular formula is C29H30N2O3. The van der Waals surface area contributed by atoms with E-state index in [2.05, 4.69) is 47.2 Å². The molecular weight excluding hydrogens is 424 g/mol. The average Bonchev–Trinajstić information content (AvgIpc) is 3.08. The standard InChI is InChI=1S/C29H30N2O3/c1-29-8-6-20-13-22-24(32)10-17(16-31(2)3)11-26(22)34-28(20)23(29)14-25(33)27(29)19-4-5-21-15-30-9-7-18(21)12-19/h4-9,12-13,15,17,23,27-28H,10-11,14,16H2,1-3H3/t17?,23-,27-,28+,29-/m0/s1. The maximum Gasteiger partial charge on any atom is 0.166 e. The van der Waals surface area contributed by atoms with Crippen molar-refractivity contribution in [3.05, 3.63) is 77.4 Å². The number of carbonyl (C=O) groups excluding carboxylic acids is 2. The molecule has 34 heavy (non-hydrogen) atoms. The highest BCUT2D eigenvalue weighted by molar-refractivity contribution is 6.00. The topological polar surface area (TPSA) is 59.5 Å². The van der Waals surface area contributed by atoms with Crippen LogP contribution in [0.4, 0.5) is 0 Å². The second-order valence-electron chi connectivity index (χ2n) is 10.9. The molecule has 0 amide bonds. The third kappa shape index (κ3) is 3.29. The monoisotopic (exact) mass is 454 g/mol. The van der Waals surface area contributed by atoms with Gasteiger partial charge in [-0.15, -0.1) is 0 Å². The molecule has 1 fully saturated rings. The molecule has 1 aliphatic heterocycles. The maximum absolute atomic E-state index is 13.5. The van der Waals surface area contributed by atoms with Crippen LogP contribution in [0.25, 0.3) is 10.8 Å². The number of benzene rings is 1. The molecule has 2 heterocycles. The van der Waals surface area contributed by atoms with Gasteiger partial charge in [0.2, 0.25) is 0 Å². The van der Waals surface area contributed by atoms with Crippen molar-refractivity contribution < 1.29 is 14.3 Å². The molecule has 1 saturated carbocycles. The Kier molecular flexibility index (Phi) is 4.89. The Labute approximate surface area is 200 Å². The zero-order valence-electron chi connectivity index (χ0n) is 20.0. The van der Waals surface area contributed by atoms with Crippen LogP contribution in [0.1, 0.15) is 37.7 Å². The first kappa shape index (κ1) is 21.5. The first-order chi connectivity index (χ1) is 16.3. The van der Waals surface area contributed by atoms with Gasteiger partial charge in [-0.2, -0.15) is 0 Å². The molecule has 5 nitrogen and oxygen atoms in total. The second kappa shape index (κ2) is 7.74. The number of allylic oxidation sites excluding steroid dienone is 4. The van der Waals surface area contributed by atoms with Crippen LogP contribution in [0.2, 0.25) is 0 Å². The molecule has 0 bridgehead atoms. The van der Waals surface area contributed by atoms with Crippen molar-refractivity contribution in [2.24, 2.45) is 17.3 Å². The molecule has 0 spiro atoms. The molecule has 2 aromatic rings. The summed E-state index contributed by atoms with van der Waals surface area (Å²) in [7, 11) is 4.08. The predicted octanol–water partition coefficient (Wildman–Crippen LogP) is 4.60. The molecule has 4 aliphatic rings. The molecule has 174 valence electrons. The molecule has 1 aromatic carbocycles. The van der Waals surface area contributed by atoms with Gasteiger partial charge in [-0.25, -0.2) is 0 Å².